The van der Waals surface area contributed by atoms with E-state index in [1.165, 1.54) is 0 Å². The summed E-state index contributed by atoms with van der Waals surface area (Å²) >= 11 is 0. The van der Waals surface area contributed by atoms with Gasteiger partial charge in [0.05, 0.1) is 0 Å². The zero-order valence-electron chi connectivity index (χ0n) is 4.33. The molecule has 0 radical (unpaired) electrons. The molecule has 0 rings (SSSR count). The van der Waals surface area contributed by atoms with Gasteiger partial charge in [-0.05, 0) is 13.2 Å². The van der Waals surface area contributed by atoms with Crippen molar-refractivity contribution in [2.24, 2.45) is 0 Å². The molecule has 5 heteroatoms. The maximum Gasteiger partial charge on any atom is 0.263 e. The molecule has 0 heterocycles. The fourth-order valence-corrected chi connectivity index (χ4v) is 0. The Balaban J connectivity index is -0.0000000720. The van der Waals surface area contributed by atoms with Crippen LogP contribution in [0.4, 0.5) is 22.3 Å². The molecular weight excluding hydrogens is 143 g/mol. The first kappa shape index (κ1) is 15.7. The zero-order chi connectivity index (χ0) is 7.15. The van der Waals surface area contributed by atoms with Gasteiger partial charge in [0, 0.05) is 0 Å². The van der Waals surface area contributed by atoms with E-state index in [-0.39, 0.29) is 4.70 Å². The third-order valence-corrected chi connectivity index (χ3v) is 0. The Morgan fingerprint density at radius 1 is 0.778 bits per heavy atom. The zero-order valence-corrected chi connectivity index (χ0v) is 4.33. The molecule has 0 nitrogen and oxygen atoms in total. The predicted molar refractivity (Wildman–Crippen MR) is 25.2 cm³/mol. The second kappa shape index (κ2) is 10.2. The van der Waals surface area contributed by atoms with Gasteiger partial charge in [-0.2, -0.15) is 17.6 Å². The Labute approximate surface area is 48.9 Å². The molecule has 0 saturated carbocycles. The van der Waals surface area contributed by atoms with Crippen molar-refractivity contribution in [2.75, 3.05) is 0 Å². The molecular formula is C4H5F5. The van der Waals surface area contributed by atoms with Crippen molar-refractivity contribution in [3.8, 4) is 0 Å². The fourth-order valence-electron chi connectivity index (χ4n) is 0. The van der Waals surface area contributed by atoms with E-state index in [2.05, 4.69) is 13.2 Å². The first-order chi connectivity index (χ1) is 3.46. The summed E-state index contributed by atoms with van der Waals surface area (Å²) in [4.78, 5) is 0. The van der Waals surface area contributed by atoms with E-state index in [0.717, 1.165) is 0 Å². The molecule has 0 amide bonds. The van der Waals surface area contributed by atoms with Gasteiger partial charge >= 0.3 is 0 Å². The standard InChI is InChI=1S/2C2H2F2.FH/c2*1-2(3)4;/h2*1H2;1H. The van der Waals surface area contributed by atoms with E-state index in [1.807, 2.05) is 0 Å². The maximum absolute atomic E-state index is 10.1. The highest BCUT2D eigenvalue weighted by atomic mass is 19.3. The summed E-state index contributed by atoms with van der Waals surface area (Å²) in [7, 11) is 0. The molecule has 0 aromatic carbocycles. The van der Waals surface area contributed by atoms with E-state index in [4.69, 9.17) is 0 Å². The monoisotopic (exact) mass is 148 g/mol. The molecule has 0 aromatic rings. The highest BCUT2D eigenvalue weighted by Crippen LogP contribution is 1.85. The molecule has 0 aliphatic heterocycles. The topological polar surface area (TPSA) is 0 Å². The van der Waals surface area contributed by atoms with Crippen molar-refractivity contribution >= 4 is 0 Å². The Hall–Kier alpha value is -0.870. The predicted octanol–water partition coefficient (Wildman–Crippen LogP) is 2.95. The van der Waals surface area contributed by atoms with Gasteiger partial charge in [0.25, 0.3) is 12.2 Å². The Morgan fingerprint density at radius 3 is 0.778 bits per heavy atom. The van der Waals surface area contributed by atoms with Crippen LogP contribution in [-0.4, -0.2) is 0 Å². The number of hydrogen-bond acceptors (Lipinski definition) is 0. The molecule has 0 bridgehead atoms. The van der Waals surface area contributed by atoms with Crippen LogP contribution < -0.4 is 0 Å². The van der Waals surface area contributed by atoms with E-state index < -0.39 is 12.2 Å². The third kappa shape index (κ3) is 248. The van der Waals surface area contributed by atoms with E-state index >= 15 is 0 Å². The second-order valence-corrected chi connectivity index (χ2v) is 0.677. The SMILES string of the molecule is C=C(F)F.C=C(F)F.F. The lowest BCUT2D eigenvalue weighted by molar-refractivity contribution is 0.425. The first-order valence-corrected chi connectivity index (χ1v) is 1.46. The van der Waals surface area contributed by atoms with Gasteiger partial charge in [0.15, 0.2) is 0 Å². The molecule has 0 aromatic heterocycles. The molecule has 0 aliphatic rings. The maximum atomic E-state index is 10.1. The highest BCUT2D eigenvalue weighted by molar-refractivity contribution is 4.57. The number of hydrogen-bond donors (Lipinski definition) is 0. The van der Waals surface area contributed by atoms with E-state index in [0.29, 0.717) is 0 Å². The summed E-state index contributed by atoms with van der Waals surface area (Å²) in [5.41, 5.74) is 0. The van der Waals surface area contributed by atoms with Crippen molar-refractivity contribution in [3.63, 3.8) is 0 Å². The molecule has 0 unspecified atom stereocenters. The Kier molecular flexibility index (Phi) is 17.8. The fraction of sp³-hybridized carbons (Fsp3) is 0. The summed E-state index contributed by atoms with van der Waals surface area (Å²) in [6.07, 6.45) is -3.67. The van der Waals surface area contributed by atoms with Crippen LogP contribution >= 0.6 is 0 Å². The van der Waals surface area contributed by atoms with E-state index in [1.54, 1.807) is 0 Å². The van der Waals surface area contributed by atoms with Crippen molar-refractivity contribution in [3.05, 3.63) is 25.3 Å². The lowest BCUT2D eigenvalue weighted by atomic mass is 11.2. The molecule has 0 N–H and O–H groups in total. The Bertz CT molecular complexity index is 67.0. The second-order valence-electron chi connectivity index (χ2n) is 0.677. The minimum Gasteiger partial charge on any atom is -0.269 e. The molecule has 0 fully saturated rings. The normalized spacial score (nSPS) is 5.78. The molecule has 0 aliphatic carbocycles. The van der Waals surface area contributed by atoms with Gasteiger partial charge in [0.2, 0.25) is 0 Å². The summed E-state index contributed by atoms with van der Waals surface area (Å²) in [6, 6.07) is 0. The molecule has 0 saturated heterocycles. The number of halogens is 5. The van der Waals surface area contributed by atoms with Gasteiger partial charge < -0.3 is 0 Å². The first-order valence-electron chi connectivity index (χ1n) is 1.46. The quantitative estimate of drug-likeness (QED) is 0.463. The van der Waals surface area contributed by atoms with Crippen LogP contribution in [0.2, 0.25) is 0 Å². The van der Waals surface area contributed by atoms with Gasteiger partial charge in [-0.1, -0.05) is 0 Å². The molecule has 0 atom stereocenters. The summed E-state index contributed by atoms with van der Waals surface area (Å²) in [5, 5.41) is 0. The lowest BCUT2D eigenvalue weighted by Gasteiger charge is -1.54. The van der Waals surface area contributed by atoms with Crippen LogP contribution in [0.1, 0.15) is 0 Å². The van der Waals surface area contributed by atoms with Crippen molar-refractivity contribution in [2.45, 2.75) is 0 Å². The Morgan fingerprint density at radius 2 is 0.778 bits per heavy atom. The average Bonchev–Trinajstić information content (AvgIpc) is 1.25. The van der Waals surface area contributed by atoms with Crippen LogP contribution in [0.5, 0.6) is 0 Å². The lowest BCUT2D eigenvalue weighted by Crippen LogP contribution is -1.33. The minimum atomic E-state index is -1.83. The average molecular weight is 148 g/mol. The largest absolute Gasteiger partial charge is 0.269 e. The van der Waals surface area contributed by atoms with Crippen molar-refractivity contribution < 1.29 is 22.3 Å². The van der Waals surface area contributed by atoms with Crippen molar-refractivity contribution in [1.82, 2.24) is 0 Å². The molecule has 56 valence electrons. The van der Waals surface area contributed by atoms with Gasteiger partial charge in [-0.3, -0.25) is 4.70 Å². The van der Waals surface area contributed by atoms with Crippen LogP contribution in [-0.2, 0) is 0 Å². The summed E-state index contributed by atoms with van der Waals surface area (Å²) in [5.74, 6) is 0. The number of rotatable bonds is 0. The minimum absolute atomic E-state index is 0. The van der Waals surface area contributed by atoms with E-state index in [9.17, 15) is 17.6 Å². The van der Waals surface area contributed by atoms with Crippen LogP contribution in [0.3, 0.4) is 0 Å². The van der Waals surface area contributed by atoms with Crippen molar-refractivity contribution in [1.29, 1.82) is 0 Å². The van der Waals surface area contributed by atoms with Gasteiger partial charge in [-0.15, -0.1) is 0 Å². The molecule has 0 spiro atoms. The summed E-state index contributed by atoms with van der Waals surface area (Å²) < 4.78 is 40.6. The van der Waals surface area contributed by atoms with Crippen LogP contribution in [0, 0.1) is 0 Å². The molecule has 9 heavy (non-hydrogen) atoms. The highest BCUT2D eigenvalue weighted by Gasteiger charge is 1.66. The summed E-state index contributed by atoms with van der Waals surface area (Å²) in [6.45, 7) is 4.44. The van der Waals surface area contributed by atoms with Gasteiger partial charge in [-0.25, -0.2) is 0 Å². The smallest absolute Gasteiger partial charge is 0.263 e. The van der Waals surface area contributed by atoms with Crippen LogP contribution in [0.25, 0.3) is 0 Å². The third-order valence-electron chi connectivity index (χ3n) is 0. The van der Waals surface area contributed by atoms with Crippen LogP contribution in [0.15, 0.2) is 25.3 Å². The van der Waals surface area contributed by atoms with Gasteiger partial charge in [0.1, 0.15) is 0 Å².